The lowest BCUT2D eigenvalue weighted by atomic mass is 10.1. The summed E-state index contributed by atoms with van der Waals surface area (Å²) in [6.07, 6.45) is -4.71. The van der Waals surface area contributed by atoms with Gasteiger partial charge in [-0.15, -0.1) is 0 Å². The normalized spacial score (nSPS) is 11.9. The summed E-state index contributed by atoms with van der Waals surface area (Å²) in [5.74, 6) is -4.23. The monoisotopic (exact) mass is 321 g/mol. The molecule has 0 saturated carbocycles. The molecule has 2 aromatic rings. The number of halogens is 5. The second-order valence-electron chi connectivity index (χ2n) is 3.90. The molecule has 1 heterocycles. The van der Waals surface area contributed by atoms with Crippen LogP contribution in [-0.4, -0.2) is 15.7 Å². The van der Waals surface area contributed by atoms with Gasteiger partial charge in [-0.3, -0.25) is 0 Å². The van der Waals surface area contributed by atoms with Gasteiger partial charge < -0.3 is 5.73 Å². The minimum atomic E-state index is -4.71. The third-order valence-electron chi connectivity index (χ3n) is 2.37. The lowest BCUT2D eigenvalue weighted by Crippen LogP contribution is -2.13. The fourth-order valence-corrected chi connectivity index (χ4v) is 2.05. The van der Waals surface area contributed by atoms with Crippen LogP contribution in [0.1, 0.15) is 5.82 Å². The van der Waals surface area contributed by atoms with E-state index in [1.807, 2.05) is 0 Å². The molecule has 0 saturated heterocycles. The van der Waals surface area contributed by atoms with Crippen LogP contribution in [0.25, 0.3) is 11.3 Å². The second-order valence-corrected chi connectivity index (χ2v) is 4.97. The Morgan fingerprint density at radius 3 is 2.19 bits per heavy atom. The van der Waals surface area contributed by atoms with Crippen molar-refractivity contribution >= 4 is 17.6 Å². The summed E-state index contributed by atoms with van der Waals surface area (Å²) in [6, 6.07) is 6.72. The molecule has 0 aliphatic heterocycles. The first-order valence-corrected chi connectivity index (χ1v) is 6.40. The minimum absolute atomic E-state index is 0.0246. The SMILES string of the molecule is Nc1cc(-c2ccc(SC(F)F)cc2)nc(C(F)(F)F)n1. The molecule has 1 aromatic carbocycles. The Labute approximate surface area is 120 Å². The molecule has 21 heavy (non-hydrogen) atoms. The first kappa shape index (κ1) is 15.5. The molecule has 0 amide bonds. The summed E-state index contributed by atoms with van der Waals surface area (Å²) < 4.78 is 62.2. The van der Waals surface area contributed by atoms with Crippen molar-refractivity contribution in [1.82, 2.24) is 9.97 Å². The quantitative estimate of drug-likeness (QED) is 0.684. The van der Waals surface area contributed by atoms with Crippen molar-refractivity contribution < 1.29 is 22.0 Å². The van der Waals surface area contributed by atoms with Gasteiger partial charge in [0, 0.05) is 16.5 Å². The van der Waals surface area contributed by atoms with Gasteiger partial charge in [0.05, 0.1) is 5.69 Å². The predicted molar refractivity (Wildman–Crippen MR) is 68.7 cm³/mol. The van der Waals surface area contributed by atoms with E-state index < -0.39 is 17.8 Å². The second kappa shape index (κ2) is 5.84. The molecule has 0 atom stereocenters. The number of rotatable bonds is 3. The maximum absolute atomic E-state index is 12.6. The van der Waals surface area contributed by atoms with Crippen LogP contribution in [0.15, 0.2) is 35.2 Å². The number of hydrogen-bond acceptors (Lipinski definition) is 4. The van der Waals surface area contributed by atoms with Crippen molar-refractivity contribution in [3.05, 3.63) is 36.2 Å². The molecule has 0 spiro atoms. The highest BCUT2D eigenvalue weighted by atomic mass is 32.2. The average molecular weight is 321 g/mol. The van der Waals surface area contributed by atoms with Gasteiger partial charge in [0.25, 0.3) is 5.76 Å². The molecule has 2 N–H and O–H groups in total. The van der Waals surface area contributed by atoms with Crippen molar-refractivity contribution in [3.8, 4) is 11.3 Å². The Balaban J connectivity index is 2.35. The van der Waals surface area contributed by atoms with E-state index in [0.717, 1.165) is 0 Å². The number of nitrogen functional groups attached to an aromatic ring is 1. The summed E-state index contributed by atoms with van der Waals surface area (Å²) in [5, 5.41) is 0. The summed E-state index contributed by atoms with van der Waals surface area (Å²) in [7, 11) is 0. The molecular weight excluding hydrogens is 313 g/mol. The Bertz CT molecular complexity index is 628. The van der Waals surface area contributed by atoms with Gasteiger partial charge in [0.15, 0.2) is 0 Å². The number of thioether (sulfide) groups is 1. The summed E-state index contributed by atoms with van der Waals surface area (Å²) in [4.78, 5) is 6.82. The van der Waals surface area contributed by atoms with Crippen LogP contribution in [0, 0.1) is 0 Å². The number of hydrogen-bond donors (Lipinski definition) is 1. The lowest BCUT2D eigenvalue weighted by molar-refractivity contribution is -0.144. The molecule has 1 aromatic heterocycles. The largest absolute Gasteiger partial charge is 0.451 e. The molecular formula is C12H8F5N3S. The van der Waals surface area contributed by atoms with E-state index in [2.05, 4.69) is 9.97 Å². The molecule has 0 aliphatic carbocycles. The minimum Gasteiger partial charge on any atom is -0.384 e. The molecule has 0 radical (unpaired) electrons. The molecule has 3 nitrogen and oxygen atoms in total. The zero-order chi connectivity index (χ0) is 15.6. The Hall–Kier alpha value is -1.90. The van der Waals surface area contributed by atoms with E-state index in [1.165, 1.54) is 30.3 Å². The van der Waals surface area contributed by atoms with Crippen LogP contribution in [0.5, 0.6) is 0 Å². The highest BCUT2D eigenvalue weighted by Crippen LogP contribution is 2.31. The third kappa shape index (κ3) is 4.03. The molecule has 112 valence electrons. The first-order valence-electron chi connectivity index (χ1n) is 5.53. The van der Waals surface area contributed by atoms with Gasteiger partial charge in [-0.25, -0.2) is 9.97 Å². The van der Waals surface area contributed by atoms with Crippen molar-refractivity contribution in [2.45, 2.75) is 16.8 Å². The molecule has 0 unspecified atom stereocenters. The number of nitrogens with zero attached hydrogens (tertiary/aromatic N) is 2. The smallest absolute Gasteiger partial charge is 0.384 e. The highest BCUT2D eigenvalue weighted by molar-refractivity contribution is 7.99. The number of aromatic nitrogens is 2. The van der Waals surface area contributed by atoms with Crippen LogP contribution in [-0.2, 0) is 6.18 Å². The van der Waals surface area contributed by atoms with Crippen molar-refractivity contribution in [2.24, 2.45) is 0 Å². The zero-order valence-electron chi connectivity index (χ0n) is 10.2. The van der Waals surface area contributed by atoms with Crippen LogP contribution >= 0.6 is 11.8 Å². The van der Waals surface area contributed by atoms with Crippen molar-refractivity contribution in [3.63, 3.8) is 0 Å². The fraction of sp³-hybridized carbons (Fsp3) is 0.167. The maximum atomic E-state index is 12.6. The topological polar surface area (TPSA) is 51.8 Å². The Kier molecular flexibility index (Phi) is 4.31. The van der Waals surface area contributed by atoms with Gasteiger partial charge >= 0.3 is 6.18 Å². The highest BCUT2D eigenvalue weighted by Gasteiger charge is 2.35. The van der Waals surface area contributed by atoms with E-state index in [4.69, 9.17) is 5.73 Å². The van der Waals surface area contributed by atoms with Crippen LogP contribution in [0.3, 0.4) is 0 Å². The molecule has 0 bridgehead atoms. The summed E-state index contributed by atoms with van der Waals surface area (Å²) in [6.45, 7) is 0. The van der Waals surface area contributed by atoms with E-state index in [1.54, 1.807) is 0 Å². The van der Waals surface area contributed by atoms with E-state index in [9.17, 15) is 22.0 Å². The summed E-state index contributed by atoms with van der Waals surface area (Å²) in [5.41, 5.74) is 5.64. The van der Waals surface area contributed by atoms with Gasteiger partial charge in [-0.1, -0.05) is 23.9 Å². The maximum Gasteiger partial charge on any atom is 0.451 e. The van der Waals surface area contributed by atoms with Crippen molar-refractivity contribution in [2.75, 3.05) is 5.73 Å². The van der Waals surface area contributed by atoms with Crippen LogP contribution in [0.2, 0.25) is 0 Å². The van der Waals surface area contributed by atoms with Crippen LogP contribution < -0.4 is 5.73 Å². The third-order valence-corrected chi connectivity index (χ3v) is 3.10. The molecule has 0 aliphatic rings. The van der Waals surface area contributed by atoms with Crippen molar-refractivity contribution in [1.29, 1.82) is 0 Å². The molecule has 0 fully saturated rings. The lowest BCUT2D eigenvalue weighted by Gasteiger charge is -2.09. The number of nitrogens with two attached hydrogens (primary N) is 1. The first-order chi connectivity index (χ1) is 9.75. The standard InChI is InChI=1S/C12H8F5N3S/c13-11(14)21-7-3-1-6(2-4-7)8-5-9(18)20-10(19-8)12(15,16)17/h1-5,11H,(H2,18,19,20). The van der Waals surface area contributed by atoms with E-state index in [-0.39, 0.29) is 11.5 Å². The number of anilines is 1. The fourth-order valence-electron chi connectivity index (χ4n) is 1.55. The molecule has 2 rings (SSSR count). The number of alkyl halides is 5. The van der Waals surface area contributed by atoms with Gasteiger partial charge in [0.1, 0.15) is 5.82 Å². The number of benzene rings is 1. The van der Waals surface area contributed by atoms with Gasteiger partial charge in [-0.2, -0.15) is 22.0 Å². The van der Waals surface area contributed by atoms with Crippen LogP contribution in [0.4, 0.5) is 27.8 Å². The van der Waals surface area contributed by atoms with Gasteiger partial charge in [0.2, 0.25) is 5.82 Å². The van der Waals surface area contributed by atoms with Gasteiger partial charge in [-0.05, 0) is 12.1 Å². The molecule has 9 heteroatoms. The van der Waals surface area contributed by atoms with E-state index in [0.29, 0.717) is 22.2 Å². The predicted octanol–water partition coefficient (Wildman–Crippen LogP) is 4.06. The van der Waals surface area contributed by atoms with E-state index >= 15 is 0 Å². The zero-order valence-corrected chi connectivity index (χ0v) is 11.1. The Morgan fingerprint density at radius 2 is 1.67 bits per heavy atom. The Morgan fingerprint density at radius 1 is 1.05 bits per heavy atom. The summed E-state index contributed by atoms with van der Waals surface area (Å²) >= 11 is 0.342. The average Bonchev–Trinajstić information content (AvgIpc) is 2.37.